The third-order valence-corrected chi connectivity index (χ3v) is 7.84. The Bertz CT molecular complexity index is 1210. The first-order valence-corrected chi connectivity index (χ1v) is 12.4. The number of carboxylic acid groups (broad SMARTS) is 1. The van der Waals surface area contributed by atoms with Crippen LogP contribution >= 0.6 is 24.0 Å². The highest BCUT2D eigenvalue weighted by atomic mass is 32.2. The van der Waals surface area contributed by atoms with E-state index in [1.165, 1.54) is 28.3 Å². The van der Waals surface area contributed by atoms with Crippen molar-refractivity contribution in [3.63, 3.8) is 0 Å². The van der Waals surface area contributed by atoms with E-state index in [0.717, 1.165) is 30.2 Å². The maximum absolute atomic E-state index is 12.9. The van der Waals surface area contributed by atoms with Crippen LogP contribution in [0.2, 0.25) is 0 Å². The molecule has 2 unspecified atom stereocenters. The summed E-state index contributed by atoms with van der Waals surface area (Å²) in [6.07, 6.45) is 5.33. The number of nitrogens with zero attached hydrogens (tertiary/aromatic N) is 2. The van der Waals surface area contributed by atoms with Crippen molar-refractivity contribution in [2.45, 2.75) is 31.2 Å². The van der Waals surface area contributed by atoms with Gasteiger partial charge in [0, 0.05) is 23.3 Å². The third kappa shape index (κ3) is 4.21. The lowest BCUT2D eigenvalue weighted by Crippen LogP contribution is -2.41. The van der Waals surface area contributed by atoms with Crippen molar-refractivity contribution in [3.8, 4) is 0 Å². The van der Waals surface area contributed by atoms with E-state index in [1.807, 2.05) is 18.2 Å². The van der Waals surface area contributed by atoms with Crippen molar-refractivity contribution in [2.75, 3.05) is 18.0 Å². The topological polar surface area (TPSA) is 90.0 Å². The molecule has 0 bridgehead atoms. The van der Waals surface area contributed by atoms with Crippen molar-refractivity contribution in [3.05, 3.63) is 64.6 Å². The standard InChI is InChI=1S/C25H23N3O4S2/c29-22(26-13-23(30)31)14-27-24(32)21(34-25(27)33)12-15-9-10-20-18(11-15)17-7-4-8-19(17)28(20)16-5-2-1-3-6-16/h1-3,5-6,9-12,17,19H,4,7-8,13-14H2,(H,26,29)(H,30,31). The van der Waals surface area contributed by atoms with Crippen molar-refractivity contribution in [1.29, 1.82) is 0 Å². The Morgan fingerprint density at radius 3 is 2.74 bits per heavy atom. The molecular formula is C25H23N3O4S2. The Balaban J connectivity index is 1.38. The van der Waals surface area contributed by atoms with Crippen LogP contribution in [0.15, 0.2) is 53.4 Å². The van der Waals surface area contributed by atoms with Crippen LogP contribution in [0.5, 0.6) is 0 Å². The number of thiocarbonyl (C=S) groups is 1. The number of fused-ring (bicyclic) bond motifs is 3. The number of hydrogen-bond donors (Lipinski definition) is 2. The van der Waals surface area contributed by atoms with E-state index in [1.54, 1.807) is 0 Å². The molecule has 2 N–H and O–H groups in total. The quantitative estimate of drug-likeness (QED) is 0.466. The van der Waals surface area contributed by atoms with E-state index in [9.17, 15) is 14.4 Å². The summed E-state index contributed by atoms with van der Waals surface area (Å²) in [5.74, 6) is -1.59. The summed E-state index contributed by atoms with van der Waals surface area (Å²) < 4.78 is 0.286. The van der Waals surface area contributed by atoms with Crippen LogP contribution < -0.4 is 10.2 Å². The van der Waals surface area contributed by atoms with Gasteiger partial charge in [0.05, 0.1) is 4.91 Å². The number of nitrogens with one attached hydrogen (secondary N) is 1. The number of thioether (sulfide) groups is 1. The largest absolute Gasteiger partial charge is 0.480 e. The van der Waals surface area contributed by atoms with Gasteiger partial charge >= 0.3 is 5.97 Å². The highest BCUT2D eigenvalue weighted by Crippen LogP contribution is 2.52. The monoisotopic (exact) mass is 493 g/mol. The number of carbonyl (C=O) groups excluding carboxylic acids is 2. The first-order valence-electron chi connectivity index (χ1n) is 11.1. The molecule has 2 heterocycles. The molecule has 2 aromatic rings. The molecule has 34 heavy (non-hydrogen) atoms. The Kier molecular flexibility index (Phi) is 6.14. The molecule has 5 rings (SSSR count). The van der Waals surface area contributed by atoms with Gasteiger partial charge in [-0.2, -0.15) is 0 Å². The average Bonchev–Trinajstić information content (AvgIpc) is 3.48. The van der Waals surface area contributed by atoms with Crippen LogP contribution in [-0.2, 0) is 14.4 Å². The predicted molar refractivity (Wildman–Crippen MR) is 136 cm³/mol. The molecule has 2 aliphatic heterocycles. The van der Waals surface area contributed by atoms with E-state index >= 15 is 0 Å². The van der Waals surface area contributed by atoms with Gasteiger partial charge in [0.15, 0.2) is 0 Å². The van der Waals surface area contributed by atoms with Crippen LogP contribution in [-0.4, -0.2) is 51.2 Å². The van der Waals surface area contributed by atoms with Crippen molar-refractivity contribution in [2.24, 2.45) is 0 Å². The van der Waals surface area contributed by atoms with Gasteiger partial charge in [-0.1, -0.05) is 54.7 Å². The molecule has 0 radical (unpaired) electrons. The average molecular weight is 494 g/mol. The molecule has 2 atom stereocenters. The molecule has 0 spiro atoms. The van der Waals surface area contributed by atoms with Crippen LogP contribution in [0.25, 0.3) is 6.08 Å². The minimum Gasteiger partial charge on any atom is -0.480 e. The second-order valence-corrected chi connectivity index (χ2v) is 10.2. The SMILES string of the molecule is O=C(O)CNC(=O)CN1C(=O)C(=Cc2ccc3c(c2)C2CCCC2N3c2ccccc2)SC1=S. The van der Waals surface area contributed by atoms with Crippen LogP contribution in [0.1, 0.15) is 36.3 Å². The molecular weight excluding hydrogens is 470 g/mol. The lowest BCUT2D eigenvalue weighted by atomic mass is 9.96. The number of amides is 2. The molecule has 2 aromatic carbocycles. The Morgan fingerprint density at radius 2 is 1.97 bits per heavy atom. The number of anilines is 2. The number of para-hydroxylation sites is 1. The van der Waals surface area contributed by atoms with E-state index < -0.39 is 18.4 Å². The molecule has 9 heteroatoms. The normalized spacial score (nSPS) is 22.3. The fraction of sp³-hybridized carbons (Fsp3) is 0.280. The first kappa shape index (κ1) is 22.6. The highest BCUT2D eigenvalue weighted by molar-refractivity contribution is 8.26. The van der Waals surface area contributed by atoms with Gasteiger partial charge in [-0.25, -0.2) is 0 Å². The lowest BCUT2D eigenvalue weighted by molar-refractivity contribution is -0.138. The smallest absolute Gasteiger partial charge is 0.322 e. The molecule has 3 aliphatic rings. The molecule has 1 saturated carbocycles. The van der Waals surface area contributed by atoms with Crippen molar-refractivity contribution in [1.82, 2.24) is 10.2 Å². The number of rotatable bonds is 6. The number of aliphatic carboxylic acids is 1. The van der Waals surface area contributed by atoms with Gasteiger partial charge in [0.2, 0.25) is 5.91 Å². The summed E-state index contributed by atoms with van der Waals surface area (Å²) in [4.78, 5) is 39.6. The summed E-state index contributed by atoms with van der Waals surface area (Å²) in [6, 6.07) is 17.2. The molecule has 0 aromatic heterocycles. The maximum atomic E-state index is 12.9. The van der Waals surface area contributed by atoms with Crippen molar-refractivity contribution >= 4 is 63.5 Å². The third-order valence-electron chi connectivity index (χ3n) is 6.47. The second-order valence-electron chi connectivity index (χ2n) is 8.57. The molecule has 1 aliphatic carbocycles. The van der Waals surface area contributed by atoms with Gasteiger partial charge in [-0.05, 0) is 54.3 Å². The first-order chi connectivity index (χ1) is 16.4. The summed E-state index contributed by atoms with van der Waals surface area (Å²) in [7, 11) is 0. The zero-order valence-electron chi connectivity index (χ0n) is 18.3. The zero-order valence-corrected chi connectivity index (χ0v) is 19.9. The van der Waals surface area contributed by atoms with E-state index in [2.05, 4.69) is 46.6 Å². The molecule has 2 fully saturated rings. The molecule has 2 amide bonds. The number of hydrogen-bond acceptors (Lipinski definition) is 6. The summed E-state index contributed by atoms with van der Waals surface area (Å²) >= 11 is 6.45. The predicted octanol–water partition coefficient (Wildman–Crippen LogP) is 3.88. The van der Waals surface area contributed by atoms with Gasteiger partial charge < -0.3 is 15.3 Å². The Hall–Kier alpha value is -3.17. The zero-order chi connectivity index (χ0) is 23.8. The Morgan fingerprint density at radius 1 is 1.18 bits per heavy atom. The summed E-state index contributed by atoms with van der Waals surface area (Å²) in [6.45, 7) is -0.796. The van der Waals surface area contributed by atoms with Gasteiger partial charge in [0.25, 0.3) is 5.91 Å². The number of carboxylic acids is 1. The minimum atomic E-state index is -1.15. The lowest BCUT2D eigenvalue weighted by Gasteiger charge is -2.27. The highest BCUT2D eigenvalue weighted by Gasteiger charge is 2.42. The van der Waals surface area contributed by atoms with Crippen LogP contribution in [0, 0.1) is 0 Å². The van der Waals surface area contributed by atoms with Crippen LogP contribution in [0.4, 0.5) is 11.4 Å². The van der Waals surface area contributed by atoms with Crippen LogP contribution in [0.3, 0.4) is 0 Å². The Labute approximate surface area is 206 Å². The minimum absolute atomic E-state index is 0.286. The van der Waals surface area contributed by atoms with Gasteiger partial charge in [-0.3, -0.25) is 19.3 Å². The van der Waals surface area contributed by atoms with Crippen molar-refractivity contribution < 1.29 is 19.5 Å². The van der Waals surface area contributed by atoms with E-state index in [4.69, 9.17) is 17.3 Å². The number of benzene rings is 2. The van der Waals surface area contributed by atoms with Gasteiger partial charge in [-0.15, -0.1) is 0 Å². The fourth-order valence-corrected chi connectivity index (χ4v) is 6.31. The number of carbonyl (C=O) groups is 3. The van der Waals surface area contributed by atoms with Gasteiger partial charge in [0.1, 0.15) is 17.4 Å². The van der Waals surface area contributed by atoms with E-state index in [-0.39, 0.29) is 16.8 Å². The maximum Gasteiger partial charge on any atom is 0.322 e. The fourth-order valence-electron chi connectivity index (χ4n) is 5.05. The molecule has 7 nitrogen and oxygen atoms in total. The molecule has 1 saturated heterocycles. The molecule has 174 valence electrons. The summed E-state index contributed by atoms with van der Waals surface area (Å²) in [5.41, 5.74) is 4.66. The second kappa shape index (κ2) is 9.23. The summed E-state index contributed by atoms with van der Waals surface area (Å²) in [5, 5.41) is 11.0. The van der Waals surface area contributed by atoms with E-state index in [0.29, 0.717) is 16.9 Å².